The third-order valence-electron chi connectivity index (χ3n) is 4.68. The molecule has 0 radical (unpaired) electrons. The van der Waals surface area contributed by atoms with E-state index < -0.39 is 0 Å². The number of aromatic amines is 1. The van der Waals surface area contributed by atoms with Gasteiger partial charge in [-0.1, -0.05) is 12.1 Å². The molecule has 0 saturated heterocycles. The largest absolute Gasteiger partial charge is 0.462 e. The number of carbonyl (C=O) groups is 1. The lowest BCUT2D eigenvalue weighted by atomic mass is 9.91. The van der Waals surface area contributed by atoms with E-state index in [1.807, 2.05) is 6.92 Å². The summed E-state index contributed by atoms with van der Waals surface area (Å²) in [5.74, 6) is -0.374. The number of esters is 1. The van der Waals surface area contributed by atoms with Crippen LogP contribution in [-0.2, 0) is 11.2 Å². The zero-order chi connectivity index (χ0) is 17.8. The third-order valence-corrected chi connectivity index (χ3v) is 4.68. The third kappa shape index (κ3) is 3.47. The zero-order valence-corrected chi connectivity index (χ0v) is 14.5. The molecule has 0 bridgehead atoms. The van der Waals surface area contributed by atoms with Crippen LogP contribution in [0.5, 0.6) is 0 Å². The maximum absolute atomic E-state index is 12.6. The average molecular weight is 345 g/mol. The quantitative estimate of drug-likeness (QED) is 0.614. The smallest absolute Gasteiger partial charge is 0.342 e. The Labute approximate surface area is 145 Å². The molecule has 134 valence electrons. The van der Waals surface area contributed by atoms with Gasteiger partial charge < -0.3 is 10.1 Å². The molecule has 0 amide bonds. The molecule has 2 heterocycles. The van der Waals surface area contributed by atoms with Crippen LogP contribution in [0.15, 0.2) is 11.4 Å². The Balaban J connectivity index is 1.99. The Morgan fingerprint density at radius 1 is 1.36 bits per heavy atom. The Bertz CT molecular complexity index is 765. The van der Waals surface area contributed by atoms with Crippen molar-refractivity contribution in [1.82, 2.24) is 15.2 Å². The van der Waals surface area contributed by atoms with Crippen molar-refractivity contribution in [3.8, 4) is 0 Å². The Morgan fingerprint density at radius 2 is 2.12 bits per heavy atom. The lowest BCUT2D eigenvalue weighted by molar-refractivity contribution is 0.0526. The molecule has 2 aromatic rings. The molecule has 25 heavy (non-hydrogen) atoms. The SMILES string of the molecule is CCOC(=O)c1c(CC)nc2[nH]ncc2c1NC1CCC(N=O)CC1. The van der Waals surface area contributed by atoms with Crippen molar-refractivity contribution in [2.24, 2.45) is 5.18 Å². The number of pyridine rings is 1. The lowest BCUT2D eigenvalue weighted by Gasteiger charge is -2.27. The first kappa shape index (κ1) is 17.3. The van der Waals surface area contributed by atoms with Gasteiger partial charge in [0.25, 0.3) is 0 Å². The molecule has 0 atom stereocenters. The molecule has 0 unspecified atom stereocenters. The summed E-state index contributed by atoms with van der Waals surface area (Å²) in [5, 5.41) is 14.4. The van der Waals surface area contributed by atoms with Gasteiger partial charge >= 0.3 is 5.97 Å². The van der Waals surface area contributed by atoms with Crippen LogP contribution < -0.4 is 5.32 Å². The van der Waals surface area contributed by atoms with Gasteiger partial charge in [-0.25, -0.2) is 9.78 Å². The van der Waals surface area contributed by atoms with Crippen LogP contribution in [0.4, 0.5) is 5.69 Å². The number of nitroso groups, excluding NO2 is 1. The maximum Gasteiger partial charge on any atom is 0.342 e. The summed E-state index contributed by atoms with van der Waals surface area (Å²) in [6.07, 6.45) is 5.47. The zero-order valence-electron chi connectivity index (χ0n) is 14.5. The van der Waals surface area contributed by atoms with Crippen molar-refractivity contribution in [3.05, 3.63) is 22.4 Å². The highest BCUT2D eigenvalue weighted by molar-refractivity contribution is 6.05. The molecule has 0 aromatic carbocycles. The Hall–Kier alpha value is -2.51. The molecular weight excluding hydrogens is 322 g/mol. The fourth-order valence-electron chi connectivity index (χ4n) is 3.38. The highest BCUT2D eigenvalue weighted by atomic mass is 16.5. The second-order valence-electron chi connectivity index (χ2n) is 6.27. The van der Waals surface area contributed by atoms with E-state index in [0.29, 0.717) is 29.9 Å². The van der Waals surface area contributed by atoms with Gasteiger partial charge in [0.05, 0.1) is 35.6 Å². The standard InChI is InChI=1S/C17H23N5O3/c1-3-13-14(17(23)25-4-2)15(12-9-18-21-16(12)20-13)19-10-5-7-11(22-24)8-6-10/h9-11H,3-8H2,1-2H3,(H2,18,19,20,21). The minimum absolute atomic E-state index is 0.0971. The molecule has 1 aliphatic rings. The molecule has 0 spiro atoms. The molecular formula is C17H23N5O3. The second kappa shape index (κ2) is 7.58. The fraction of sp³-hybridized carbons (Fsp3) is 0.588. The predicted molar refractivity (Wildman–Crippen MR) is 94.7 cm³/mol. The average Bonchev–Trinajstić information content (AvgIpc) is 3.10. The number of aryl methyl sites for hydroxylation is 1. The topological polar surface area (TPSA) is 109 Å². The van der Waals surface area contributed by atoms with E-state index in [-0.39, 0.29) is 18.1 Å². The summed E-state index contributed by atoms with van der Waals surface area (Å²) in [6.45, 7) is 4.05. The van der Waals surface area contributed by atoms with Gasteiger partial charge in [0.1, 0.15) is 5.56 Å². The summed E-state index contributed by atoms with van der Waals surface area (Å²) < 4.78 is 5.25. The molecule has 0 aliphatic heterocycles. The highest BCUT2D eigenvalue weighted by Crippen LogP contribution is 2.32. The number of carbonyl (C=O) groups excluding carboxylic acids is 1. The highest BCUT2D eigenvalue weighted by Gasteiger charge is 2.27. The van der Waals surface area contributed by atoms with E-state index in [0.717, 1.165) is 36.8 Å². The minimum atomic E-state index is -0.374. The van der Waals surface area contributed by atoms with Crippen molar-refractivity contribution in [1.29, 1.82) is 0 Å². The van der Waals surface area contributed by atoms with Crippen molar-refractivity contribution >= 4 is 22.7 Å². The first-order valence-corrected chi connectivity index (χ1v) is 8.79. The van der Waals surface area contributed by atoms with E-state index in [2.05, 4.69) is 25.7 Å². The van der Waals surface area contributed by atoms with Gasteiger partial charge in [0.2, 0.25) is 0 Å². The van der Waals surface area contributed by atoms with Crippen molar-refractivity contribution in [3.63, 3.8) is 0 Å². The monoisotopic (exact) mass is 345 g/mol. The minimum Gasteiger partial charge on any atom is -0.462 e. The molecule has 2 aromatic heterocycles. The number of hydrogen-bond donors (Lipinski definition) is 2. The maximum atomic E-state index is 12.6. The molecule has 2 N–H and O–H groups in total. The van der Waals surface area contributed by atoms with Crippen molar-refractivity contribution in [2.45, 2.75) is 58.0 Å². The number of hydrogen-bond acceptors (Lipinski definition) is 7. The van der Waals surface area contributed by atoms with Crippen molar-refractivity contribution in [2.75, 3.05) is 11.9 Å². The van der Waals surface area contributed by atoms with E-state index in [9.17, 15) is 9.70 Å². The number of aromatic nitrogens is 3. The van der Waals surface area contributed by atoms with Gasteiger partial charge in [0.15, 0.2) is 5.65 Å². The summed E-state index contributed by atoms with van der Waals surface area (Å²) in [4.78, 5) is 27.8. The molecule has 1 fully saturated rings. The van der Waals surface area contributed by atoms with E-state index in [1.54, 1.807) is 13.1 Å². The normalized spacial score (nSPS) is 20.4. The number of nitrogens with one attached hydrogen (secondary N) is 2. The van der Waals surface area contributed by atoms with Crippen LogP contribution in [0.25, 0.3) is 11.0 Å². The summed E-state index contributed by atoms with van der Waals surface area (Å²) in [6, 6.07) is 0.0801. The van der Waals surface area contributed by atoms with E-state index >= 15 is 0 Å². The Morgan fingerprint density at radius 3 is 2.76 bits per heavy atom. The van der Waals surface area contributed by atoms with Gasteiger partial charge in [-0.3, -0.25) is 5.10 Å². The first-order valence-electron chi connectivity index (χ1n) is 8.79. The number of fused-ring (bicyclic) bond motifs is 1. The molecule has 3 rings (SSSR count). The van der Waals surface area contributed by atoms with Crippen LogP contribution in [0, 0.1) is 4.91 Å². The first-order chi connectivity index (χ1) is 12.2. The van der Waals surface area contributed by atoms with Gasteiger partial charge in [-0.05, 0) is 39.0 Å². The summed E-state index contributed by atoms with van der Waals surface area (Å²) >= 11 is 0. The molecule has 1 saturated carbocycles. The number of rotatable bonds is 6. The van der Waals surface area contributed by atoms with Crippen LogP contribution >= 0.6 is 0 Å². The molecule has 8 heteroatoms. The molecule has 8 nitrogen and oxygen atoms in total. The van der Waals surface area contributed by atoms with Crippen LogP contribution in [-0.4, -0.2) is 39.8 Å². The predicted octanol–water partition coefficient (Wildman–Crippen LogP) is 3.19. The van der Waals surface area contributed by atoms with Gasteiger partial charge in [-0.2, -0.15) is 10.0 Å². The van der Waals surface area contributed by atoms with Crippen LogP contribution in [0.2, 0.25) is 0 Å². The number of ether oxygens (including phenoxy) is 1. The number of anilines is 1. The van der Waals surface area contributed by atoms with E-state index in [4.69, 9.17) is 4.74 Å². The second-order valence-corrected chi connectivity index (χ2v) is 6.27. The van der Waals surface area contributed by atoms with Crippen molar-refractivity contribution < 1.29 is 9.53 Å². The molecule has 1 aliphatic carbocycles. The lowest BCUT2D eigenvalue weighted by Crippen LogP contribution is -2.29. The number of H-pyrrole nitrogens is 1. The summed E-state index contributed by atoms with van der Waals surface area (Å²) in [7, 11) is 0. The van der Waals surface area contributed by atoms with Crippen LogP contribution in [0.1, 0.15) is 55.6 Å². The van der Waals surface area contributed by atoms with Gasteiger partial charge in [-0.15, -0.1) is 0 Å². The number of nitrogens with zero attached hydrogens (tertiary/aromatic N) is 3. The summed E-state index contributed by atoms with van der Waals surface area (Å²) in [5.41, 5.74) is 2.53. The Kier molecular flexibility index (Phi) is 5.25. The fourth-order valence-corrected chi connectivity index (χ4v) is 3.38. The van der Waals surface area contributed by atoms with Crippen LogP contribution in [0.3, 0.4) is 0 Å². The van der Waals surface area contributed by atoms with Gasteiger partial charge in [0, 0.05) is 6.04 Å². The van der Waals surface area contributed by atoms with E-state index in [1.165, 1.54) is 0 Å².